The Morgan fingerprint density at radius 3 is 2.09 bits per heavy atom. The zero-order valence-electron chi connectivity index (χ0n) is 19.0. The molecule has 0 aliphatic carbocycles. The Labute approximate surface area is 204 Å². The molecule has 3 aromatic carbocycles. The van der Waals surface area contributed by atoms with E-state index in [0.717, 1.165) is 5.56 Å². The quantitative estimate of drug-likeness (QED) is 0.499. The lowest BCUT2D eigenvalue weighted by Gasteiger charge is -2.26. The number of para-hydroxylation sites is 1. The van der Waals surface area contributed by atoms with Gasteiger partial charge in [-0.1, -0.05) is 29.8 Å². The summed E-state index contributed by atoms with van der Waals surface area (Å²) in [4.78, 5) is 13.1. The summed E-state index contributed by atoms with van der Waals surface area (Å²) >= 11 is 0. The van der Waals surface area contributed by atoms with Gasteiger partial charge in [-0.15, -0.1) is 0 Å². The number of carbonyl (C=O) groups excluding carboxylic acids is 1. The fourth-order valence-corrected chi connectivity index (χ4v) is 6.02. The molecule has 9 nitrogen and oxygen atoms in total. The lowest BCUT2D eigenvalue weighted by Crippen LogP contribution is -2.40. The predicted molar refractivity (Wildman–Crippen MR) is 132 cm³/mol. The molecule has 1 aliphatic heterocycles. The number of nitrogens with zero attached hydrogens (tertiary/aromatic N) is 1. The molecular weight excluding hydrogens is 490 g/mol. The van der Waals surface area contributed by atoms with Crippen molar-refractivity contribution in [1.82, 2.24) is 4.31 Å². The fourth-order valence-electron chi connectivity index (χ4n) is 3.54. The van der Waals surface area contributed by atoms with Crippen LogP contribution in [0.1, 0.15) is 15.9 Å². The number of sulfonamides is 2. The Morgan fingerprint density at radius 1 is 0.829 bits per heavy atom. The van der Waals surface area contributed by atoms with Crippen LogP contribution in [0, 0.1) is 6.92 Å². The molecule has 1 fully saturated rings. The average Bonchev–Trinajstić information content (AvgIpc) is 2.85. The lowest BCUT2D eigenvalue weighted by atomic mass is 10.1. The number of nitrogens with one attached hydrogen (secondary N) is 2. The molecule has 0 spiro atoms. The molecule has 0 unspecified atom stereocenters. The third-order valence-electron chi connectivity index (χ3n) is 5.47. The van der Waals surface area contributed by atoms with Gasteiger partial charge in [0.25, 0.3) is 15.9 Å². The Balaban J connectivity index is 1.50. The maximum absolute atomic E-state index is 12.9. The summed E-state index contributed by atoms with van der Waals surface area (Å²) in [6.45, 7) is 3.13. The van der Waals surface area contributed by atoms with Crippen molar-refractivity contribution in [3.05, 3.63) is 83.9 Å². The highest BCUT2D eigenvalue weighted by Crippen LogP contribution is 2.23. The van der Waals surface area contributed by atoms with Crippen LogP contribution in [0.25, 0.3) is 0 Å². The van der Waals surface area contributed by atoms with E-state index in [1.54, 1.807) is 24.3 Å². The molecule has 0 radical (unpaired) electrons. The molecule has 0 bridgehead atoms. The standard InChI is InChI=1S/C24H25N3O6S2/c1-18-6-10-20(11-7-18)34(29,30)26-23-5-3-2-4-22(23)24(28)25-19-8-12-21(13-9-19)35(31,32)27-14-16-33-17-15-27/h2-13,26H,14-17H2,1H3,(H,25,28). The molecule has 2 N–H and O–H groups in total. The molecule has 1 saturated heterocycles. The van der Waals surface area contributed by atoms with E-state index < -0.39 is 26.0 Å². The van der Waals surface area contributed by atoms with E-state index in [9.17, 15) is 21.6 Å². The van der Waals surface area contributed by atoms with Crippen molar-refractivity contribution in [2.75, 3.05) is 36.3 Å². The summed E-state index contributed by atoms with van der Waals surface area (Å²) in [6, 6.07) is 18.4. The van der Waals surface area contributed by atoms with E-state index in [0.29, 0.717) is 18.9 Å². The minimum atomic E-state index is -3.90. The Hall–Kier alpha value is -3.25. The summed E-state index contributed by atoms with van der Waals surface area (Å²) in [6.07, 6.45) is 0. The molecule has 11 heteroatoms. The number of rotatable bonds is 7. The van der Waals surface area contributed by atoms with E-state index in [2.05, 4.69) is 10.0 Å². The van der Waals surface area contributed by atoms with Crippen LogP contribution in [0.5, 0.6) is 0 Å². The number of benzene rings is 3. The number of carbonyl (C=O) groups is 1. The van der Waals surface area contributed by atoms with Crippen LogP contribution < -0.4 is 10.0 Å². The van der Waals surface area contributed by atoms with Gasteiger partial charge in [-0.25, -0.2) is 16.8 Å². The van der Waals surface area contributed by atoms with Crippen LogP contribution >= 0.6 is 0 Å². The van der Waals surface area contributed by atoms with Crippen LogP contribution in [-0.2, 0) is 24.8 Å². The number of morpholine rings is 1. The van der Waals surface area contributed by atoms with Crippen molar-refractivity contribution in [1.29, 1.82) is 0 Å². The van der Waals surface area contributed by atoms with Crippen molar-refractivity contribution in [2.45, 2.75) is 16.7 Å². The van der Waals surface area contributed by atoms with Gasteiger partial charge in [-0.05, 0) is 55.5 Å². The first-order valence-electron chi connectivity index (χ1n) is 10.8. The van der Waals surface area contributed by atoms with E-state index in [4.69, 9.17) is 4.74 Å². The number of amides is 1. The second-order valence-corrected chi connectivity index (χ2v) is 11.6. The van der Waals surface area contributed by atoms with Gasteiger partial charge in [0.2, 0.25) is 10.0 Å². The summed E-state index contributed by atoms with van der Waals surface area (Å²) in [5.41, 5.74) is 1.53. The molecule has 1 aliphatic rings. The zero-order chi connectivity index (χ0) is 25.1. The topological polar surface area (TPSA) is 122 Å². The van der Waals surface area contributed by atoms with Crippen molar-refractivity contribution in [3.8, 4) is 0 Å². The Morgan fingerprint density at radius 2 is 1.43 bits per heavy atom. The van der Waals surface area contributed by atoms with Gasteiger partial charge in [0.05, 0.1) is 34.3 Å². The van der Waals surface area contributed by atoms with Crippen LogP contribution in [0.3, 0.4) is 0 Å². The van der Waals surface area contributed by atoms with Gasteiger partial charge >= 0.3 is 0 Å². The van der Waals surface area contributed by atoms with Crippen LogP contribution in [-0.4, -0.2) is 53.4 Å². The molecular formula is C24H25N3O6S2. The third-order valence-corrected chi connectivity index (χ3v) is 8.76. The van der Waals surface area contributed by atoms with Crippen molar-refractivity contribution in [3.63, 3.8) is 0 Å². The Bertz CT molecular complexity index is 1410. The monoisotopic (exact) mass is 515 g/mol. The number of ether oxygens (including phenoxy) is 1. The summed E-state index contributed by atoms with van der Waals surface area (Å²) in [5, 5.41) is 2.69. The summed E-state index contributed by atoms with van der Waals surface area (Å²) < 4.78 is 60.2. The van der Waals surface area contributed by atoms with Crippen LogP contribution in [0.2, 0.25) is 0 Å². The minimum Gasteiger partial charge on any atom is -0.379 e. The van der Waals surface area contributed by atoms with Gasteiger partial charge < -0.3 is 10.1 Å². The van der Waals surface area contributed by atoms with Gasteiger partial charge in [0.1, 0.15) is 0 Å². The van der Waals surface area contributed by atoms with E-state index in [1.807, 2.05) is 6.92 Å². The molecule has 1 heterocycles. The zero-order valence-corrected chi connectivity index (χ0v) is 20.6. The largest absolute Gasteiger partial charge is 0.379 e. The lowest BCUT2D eigenvalue weighted by molar-refractivity contribution is 0.0730. The second-order valence-electron chi connectivity index (χ2n) is 7.96. The molecule has 1 amide bonds. The van der Waals surface area contributed by atoms with Crippen LogP contribution in [0.15, 0.2) is 82.6 Å². The van der Waals surface area contributed by atoms with Gasteiger partial charge in [-0.2, -0.15) is 4.31 Å². The molecule has 4 rings (SSSR count). The summed E-state index contributed by atoms with van der Waals surface area (Å²) in [5.74, 6) is -0.545. The SMILES string of the molecule is Cc1ccc(S(=O)(=O)Nc2ccccc2C(=O)Nc2ccc(S(=O)(=O)N3CCOCC3)cc2)cc1. The van der Waals surface area contributed by atoms with Gasteiger partial charge in [0.15, 0.2) is 0 Å². The van der Waals surface area contributed by atoms with Crippen LogP contribution in [0.4, 0.5) is 11.4 Å². The highest BCUT2D eigenvalue weighted by molar-refractivity contribution is 7.92. The molecule has 0 atom stereocenters. The molecule has 3 aromatic rings. The van der Waals surface area contributed by atoms with E-state index in [1.165, 1.54) is 52.8 Å². The summed E-state index contributed by atoms with van der Waals surface area (Å²) in [7, 11) is -7.55. The number of anilines is 2. The molecule has 35 heavy (non-hydrogen) atoms. The number of aryl methyl sites for hydroxylation is 1. The van der Waals surface area contributed by atoms with Crippen molar-refractivity contribution in [2.24, 2.45) is 0 Å². The van der Waals surface area contributed by atoms with E-state index in [-0.39, 0.29) is 34.1 Å². The van der Waals surface area contributed by atoms with E-state index >= 15 is 0 Å². The normalized spacial score (nSPS) is 14.9. The highest BCUT2D eigenvalue weighted by Gasteiger charge is 2.26. The average molecular weight is 516 g/mol. The van der Waals surface area contributed by atoms with Crippen molar-refractivity contribution < 1.29 is 26.4 Å². The first kappa shape index (κ1) is 24.9. The molecule has 0 aromatic heterocycles. The van der Waals surface area contributed by atoms with Crippen molar-refractivity contribution >= 4 is 37.3 Å². The van der Waals surface area contributed by atoms with Gasteiger partial charge in [0, 0.05) is 18.8 Å². The smallest absolute Gasteiger partial charge is 0.261 e. The fraction of sp³-hybridized carbons (Fsp3) is 0.208. The minimum absolute atomic E-state index is 0.0791. The first-order valence-corrected chi connectivity index (χ1v) is 13.8. The second kappa shape index (κ2) is 10.2. The first-order chi connectivity index (χ1) is 16.7. The van der Waals surface area contributed by atoms with Gasteiger partial charge in [-0.3, -0.25) is 9.52 Å². The highest BCUT2D eigenvalue weighted by atomic mass is 32.2. The molecule has 0 saturated carbocycles. The number of hydrogen-bond acceptors (Lipinski definition) is 6. The predicted octanol–water partition coefficient (Wildman–Crippen LogP) is 3.07. The maximum atomic E-state index is 12.9. The third kappa shape index (κ3) is 5.70. The maximum Gasteiger partial charge on any atom is 0.261 e. The Kier molecular flexibility index (Phi) is 7.22. The molecule has 184 valence electrons. The number of hydrogen-bond donors (Lipinski definition) is 2.